The Kier molecular flexibility index (Phi) is 7.73. The number of halogens is 2. The van der Waals surface area contributed by atoms with Gasteiger partial charge < -0.3 is 9.47 Å². The van der Waals surface area contributed by atoms with Gasteiger partial charge >= 0.3 is 11.9 Å². The highest BCUT2D eigenvalue weighted by atomic mass is 19.2. The summed E-state index contributed by atoms with van der Waals surface area (Å²) in [5.74, 6) is 7.68. The summed E-state index contributed by atoms with van der Waals surface area (Å²) in [6.45, 7) is 6.63. The molecule has 0 spiro atoms. The van der Waals surface area contributed by atoms with Crippen molar-refractivity contribution in [1.82, 2.24) is 0 Å². The minimum Gasteiger partial charge on any atom is -0.423 e. The largest absolute Gasteiger partial charge is 0.423 e. The van der Waals surface area contributed by atoms with Gasteiger partial charge in [-0.15, -0.1) is 0 Å². The summed E-state index contributed by atoms with van der Waals surface area (Å²) >= 11 is 0. The van der Waals surface area contributed by atoms with Crippen LogP contribution in [0.15, 0.2) is 86.0 Å². The molecule has 0 N–H and O–H groups in total. The average molecular weight is 454 g/mol. The van der Waals surface area contributed by atoms with Crippen LogP contribution in [0.2, 0.25) is 0 Å². The molecule has 0 heterocycles. The summed E-state index contributed by atoms with van der Waals surface area (Å²) in [6.07, 6.45) is 2.06. The van der Waals surface area contributed by atoms with Gasteiger partial charge in [-0.2, -0.15) is 0 Å². The molecule has 0 unspecified atom stereocenters. The number of hydrogen-bond acceptors (Lipinski definition) is 4. The Bertz CT molecular complexity index is 1400. The fourth-order valence-electron chi connectivity index (χ4n) is 2.58. The van der Waals surface area contributed by atoms with Gasteiger partial charge in [0, 0.05) is 23.3 Å². The topological polar surface area (TPSA) is 52.6 Å². The van der Waals surface area contributed by atoms with Crippen LogP contribution in [0.5, 0.6) is 11.5 Å². The van der Waals surface area contributed by atoms with Gasteiger partial charge in [-0.1, -0.05) is 42.9 Å². The molecule has 0 saturated carbocycles. The molecule has 0 fully saturated rings. The second-order valence-electron chi connectivity index (χ2n) is 6.59. The van der Waals surface area contributed by atoms with Crippen LogP contribution in [-0.2, 0) is 9.59 Å². The van der Waals surface area contributed by atoms with Gasteiger partial charge in [0.05, 0.1) is 11.1 Å². The van der Waals surface area contributed by atoms with Crippen molar-refractivity contribution < 1.29 is 27.8 Å². The van der Waals surface area contributed by atoms with Crippen LogP contribution >= 0.6 is 0 Å². The number of esters is 2. The van der Waals surface area contributed by atoms with Crippen molar-refractivity contribution in [3.63, 3.8) is 0 Å². The molecule has 0 atom stereocenters. The van der Waals surface area contributed by atoms with Gasteiger partial charge in [0.25, 0.3) is 0 Å². The lowest BCUT2D eigenvalue weighted by Gasteiger charge is -2.01. The number of benzene rings is 3. The summed E-state index contributed by atoms with van der Waals surface area (Å²) < 4.78 is 39.0. The second-order valence-corrected chi connectivity index (χ2v) is 6.59. The van der Waals surface area contributed by atoms with Crippen molar-refractivity contribution in [2.24, 2.45) is 0 Å². The number of ether oxygens (including phenoxy) is 2. The minimum absolute atomic E-state index is 0.136. The molecule has 0 aromatic heterocycles. The van der Waals surface area contributed by atoms with Crippen LogP contribution in [0.1, 0.15) is 22.3 Å². The lowest BCUT2D eigenvalue weighted by molar-refractivity contribution is -0.129. The van der Waals surface area contributed by atoms with Crippen LogP contribution in [0.4, 0.5) is 8.78 Å². The van der Waals surface area contributed by atoms with E-state index in [0.29, 0.717) is 16.9 Å². The van der Waals surface area contributed by atoms with Crippen molar-refractivity contribution in [3.8, 4) is 35.2 Å². The van der Waals surface area contributed by atoms with E-state index in [2.05, 4.69) is 36.8 Å². The lowest BCUT2D eigenvalue weighted by atomic mass is 10.1. The Balaban J connectivity index is 1.78. The zero-order chi connectivity index (χ0) is 24.5. The van der Waals surface area contributed by atoms with Crippen LogP contribution < -0.4 is 9.47 Å². The molecule has 3 aromatic rings. The molecular weight excluding hydrogens is 438 g/mol. The third kappa shape index (κ3) is 6.29. The predicted octanol–water partition coefficient (Wildman–Crippen LogP) is 4.95. The maximum atomic E-state index is 14.5. The summed E-state index contributed by atoms with van der Waals surface area (Å²) in [4.78, 5) is 22.5. The Labute approximate surface area is 195 Å². The maximum Gasteiger partial charge on any atom is 0.335 e. The second kappa shape index (κ2) is 11.1. The highest BCUT2D eigenvalue weighted by Gasteiger charge is 2.11. The monoisotopic (exact) mass is 454 g/mol. The molecule has 6 heteroatoms. The Morgan fingerprint density at radius 1 is 0.676 bits per heavy atom. The molecule has 0 aliphatic heterocycles. The van der Waals surface area contributed by atoms with Crippen molar-refractivity contribution in [2.75, 3.05) is 0 Å². The SMILES string of the molecule is C=CC(=O)Oc1ccc(C#Cc2ccc(C#Cc3cccc(OC(=O)C=C)c3)c(F)c2F)cc1. The van der Waals surface area contributed by atoms with Gasteiger partial charge in [0.15, 0.2) is 11.6 Å². The van der Waals surface area contributed by atoms with E-state index >= 15 is 0 Å². The van der Waals surface area contributed by atoms with Gasteiger partial charge in [-0.25, -0.2) is 18.4 Å². The van der Waals surface area contributed by atoms with Crippen LogP contribution in [0.25, 0.3) is 0 Å². The quantitative estimate of drug-likeness (QED) is 0.242. The smallest absolute Gasteiger partial charge is 0.335 e. The van der Waals surface area contributed by atoms with E-state index in [1.54, 1.807) is 30.3 Å². The molecule has 3 rings (SSSR count). The molecule has 0 aliphatic rings. The first kappa shape index (κ1) is 23.7. The number of carbonyl (C=O) groups is 2. The third-order valence-electron chi connectivity index (χ3n) is 4.22. The Hall–Kier alpha value is -4.94. The maximum absolute atomic E-state index is 14.5. The summed E-state index contributed by atoms with van der Waals surface area (Å²) in [5.41, 5.74) is 0.674. The number of hydrogen-bond donors (Lipinski definition) is 0. The van der Waals surface area contributed by atoms with E-state index in [-0.39, 0.29) is 16.9 Å². The number of carbonyl (C=O) groups excluding carboxylic acids is 2. The fourth-order valence-corrected chi connectivity index (χ4v) is 2.58. The summed E-state index contributed by atoms with van der Waals surface area (Å²) in [6, 6.07) is 15.2. The van der Waals surface area contributed by atoms with Gasteiger partial charge in [0.2, 0.25) is 0 Å². The highest BCUT2D eigenvalue weighted by Crippen LogP contribution is 2.17. The van der Waals surface area contributed by atoms with Gasteiger partial charge in [-0.05, 0) is 54.6 Å². The van der Waals surface area contributed by atoms with E-state index in [4.69, 9.17) is 9.47 Å². The summed E-state index contributed by atoms with van der Waals surface area (Å²) in [7, 11) is 0. The van der Waals surface area contributed by atoms with Gasteiger partial charge in [-0.3, -0.25) is 0 Å². The first-order chi connectivity index (χ1) is 16.4. The minimum atomic E-state index is -1.12. The fraction of sp³-hybridized carbons (Fsp3) is 0. The molecule has 3 aromatic carbocycles. The van der Waals surface area contributed by atoms with E-state index in [0.717, 1.165) is 12.2 Å². The normalized spacial score (nSPS) is 9.47. The third-order valence-corrected chi connectivity index (χ3v) is 4.22. The molecular formula is C28H16F2O4. The Morgan fingerprint density at radius 2 is 1.21 bits per heavy atom. The number of rotatable bonds is 4. The molecule has 0 amide bonds. The lowest BCUT2D eigenvalue weighted by Crippen LogP contribution is -2.02. The van der Waals surface area contributed by atoms with Crippen molar-refractivity contribution in [2.45, 2.75) is 0 Å². The van der Waals surface area contributed by atoms with Crippen LogP contribution in [-0.4, -0.2) is 11.9 Å². The standard InChI is InChI=1S/C28H16F2O4/c1-3-25(31)33-23-16-10-19(11-17-23)8-12-21-14-15-22(28(30)27(21)29)13-9-20-6-5-7-24(18-20)34-26(32)4-2/h3-7,10-11,14-18H,1-2H2. The van der Waals surface area contributed by atoms with E-state index in [1.807, 2.05) is 0 Å². The zero-order valence-electron chi connectivity index (χ0n) is 17.7. The van der Waals surface area contributed by atoms with Crippen LogP contribution in [0.3, 0.4) is 0 Å². The van der Waals surface area contributed by atoms with Gasteiger partial charge in [0.1, 0.15) is 11.5 Å². The van der Waals surface area contributed by atoms with Crippen molar-refractivity contribution in [1.29, 1.82) is 0 Å². The van der Waals surface area contributed by atoms with Crippen molar-refractivity contribution >= 4 is 11.9 Å². The predicted molar refractivity (Wildman–Crippen MR) is 123 cm³/mol. The molecule has 4 nitrogen and oxygen atoms in total. The zero-order valence-corrected chi connectivity index (χ0v) is 17.7. The highest BCUT2D eigenvalue weighted by molar-refractivity contribution is 5.83. The Morgan fingerprint density at radius 3 is 1.76 bits per heavy atom. The molecule has 0 saturated heterocycles. The van der Waals surface area contributed by atoms with E-state index in [9.17, 15) is 18.4 Å². The van der Waals surface area contributed by atoms with E-state index in [1.165, 1.54) is 30.3 Å². The molecule has 34 heavy (non-hydrogen) atoms. The van der Waals surface area contributed by atoms with Crippen LogP contribution in [0, 0.1) is 35.3 Å². The average Bonchev–Trinajstić information content (AvgIpc) is 2.85. The first-order valence-corrected chi connectivity index (χ1v) is 9.80. The molecule has 0 aliphatic carbocycles. The van der Waals surface area contributed by atoms with Crippen molar-refractivity contribution in [3.05, 3.63) is 120 Å². The molecule has 0 radical (unpaired) electrons. The molecule has 166 valence electrons. The molecule has 0 bridgehead atoms. The summed E-state index contributed by atoms with van der Waals surface area (Å²) in [5, 5.41) is 0. The first-order valence-electron chi connectivity index (χ1n) is 9.80. The van der Waals surface area contributed by atoms with E-state index < -0.39 is 23.6 Å².